The van der Waals surface area contributed by atoms with Gasteiger partial charge in [0.2, 0.25) is 0 Å². The normalized spacial score (nSPS) is 11.6. The highest BCUT2D eigenvalue weighted by atomic mass is 16.3. The van der Waals surface area contributed by atoms with Crippen molar-refractivity contribution in [3.05, 3.63) is 47.8 Å². The third kappa shape index (κ3) is 2.53. The molecule has 0 unspecified atom stereocenters. The summed E-state index contributed by atoms with van der Waals surface area (Å²) in [5, 5.41) is 10.00. The van der Waals surface area contributed by atoms with Gasteiger partial charge in [0.05, 0.1) is 0 Å². The summed E-state index contributed by atoms with van der Waals surface area (Å²) in [6, 6.07) is 9.72. The highest BCUT2D eigenvalue weighted by Crippen LogP contribution is 2.33. The molecule has 0 saturated heterocycles. The molecule has 0 spiro atoms. The van der Waals surface area contributed by atoms with E-state index in [0.717, 1.165) is 16.8 Å². The third-order valence-corrected chi connectivity index (χ3v) is 3.08. The lowest BCUT2D eigenvalue weighted by molar-refractivity contribution is 0.476. The van der Waals surface area contributed by atoms with Crippen molar-refractivity contribution in [2.45, 2.75) is 33.1 Å². The minimum atomic E-state index is 0.0700. The second-order valence-corrected chi connectivity index (χ2v) is 5.67. The molecule has 0 fully saturated rings. The third-order valence-electron chi connectivity index (χ3n) is 3.08. The molecule has 1 aromatic heterocycles. The molecule has 0 radical (unpaired) electrons. The average Bonchev–Trinajstić information content (AvgIpc) is 2.29. The van der Waals surface area contributed by atoms with Crippen LogP contribution in [0, 0.1) is 6.92 Å². The summed E-state index contributed by atoms with van der Waals surface area (Å²) >= 11 is 0. The van der Waals surface area contributed by atoms with E-state index in [1.165, 1.54) is 5.56 Å². The smallest absolute Gasteiger partial charge is 0.123 e. The molecule has 1 aromatic carbocycles. The zero-order chi connectivity index (χ0) is 13.3. The first kappa shape index (κ1) is 12.6. The van der Waals surface area contributed by atoms with E-state index in [-0.39, 0.29) is 5.41 Å². The summed E-state index contributed by atoms with van der Waals surface area (Å²) in [6.45, 7) is 8.44. The summed E-state index contributed by atoms with van der Waals surface area (Å²) in [5.74, 6) is 0.300. The van der Waals surface area contributed by atoms with Crippen LogP contribution in [0.4, 0.5) is 0 Å². The summed E-state index contributed by atoms with van der Waals surface area (Å²) in [7, 11) is 0. The van der Waals surface area contributed by atoms with Crippen LogP contribution < -0.4 is 0 Å². The molecule has 2 heteroatoms. The average molecular weight is 241 g/mol. The van der Waals surface area contributed by atoms with Gasteiger partial charge in [-0.1, -0.05) is 32.9 Å². The van der Waals surface area contributed by atoms with Crippen molar-refractivity contribution >= 4 is 0 Å². The van der Waals surface area contributed by atoms with Gasteiger partial charge in [-0.3, -0.25) is 4.98 Å². The van der Waals surface area contributed by atoms with Crippen molar-refractivity contribution in [2.75, 3.05) is 0 Å². The van der Waals surface area contributed by atoms with Gasteiger partial charge >= 0.3 is 0 Å². The first-order chi connectivity index (χ1) is 8.38. The Kier molecular flexibility index (Phi) is 3.12. The van der Waals surface area contributed by atoms with E-state index in [1.807, 2.05) is 31.2 Å². The van der Waals surface area contributed by atoms with Crippen LogP contribution in [0.1, 0.15) is 32.0 Å². The minimum Gasteiger partial charge on any atom is -0.507 e. The fourth-order valence-corrected chi connectivity index (χ4v) is 1.86. The summed E-state index contributed by atoms with van der Waals surface area (Å²) in [6.07, 6.45) is 1.80. The van der Waals surface area contributed by atoms with Gasteiger partial charge in [-0.25, -0.2) is 0 Å². The maximum atomic E-state index is 10.00. The predicted octanol–water partition coefficient (Wildman–Crippen LogP) is 4.06. The fourth-order valence-electron chi connectivity index (χ4n) is 1.86. The Morgan fingerprint density at radius 3 is 2.33 bits per heavy atom. The van der Waals surface area contributed by atoms with Crippen LogP contribution in [0.3, 0.4) is 0 Å². The van der Waals surface area contributed by atoms with Crippen LogP contribution in [0.15, 0.2) is 36.5 Å². The molecule has 0 bridgehead atoms. The number of rotatable bonds is 1. The Morgan fingerprint density at radius 2 is 1.78 bits per heavy atom. The van der Waals surface area contributed by atoms with E-state index in [9.17, 15) is 5.11 Å². The van der Waals surface area contributed by atoms with Crippen LogP contribution in [0.5, 0.6) is 5.75 Å². The van der Waals surface area contributed by atoms with Gasteiger partial charge in [0.25, 0.3) is 0 Å². The first-order valence-electron chi connectivity index (χ1n) is 6.14. The molecule has 2 nitrogen and oxygen atoms in total. The number of aromatic hydroxyl groups is 1. The van der Waals surface area contributed by atoms with E-state index < -0.39 is 0 Å². The fraction of sp³-hybridized carbons (Fsp3) is 0.312. The monoisotopic (exact) mass is 241 g/mol. The van der Waals surface area contributed by atoms with Crippen molar-refractivity contribution in [3.8, 4) is 16.9 Å². The van der Waals surface area contributed by atoms with Crippen molar-refractivity contribution in [1.29, 1.82) is 0 Å². The maximum Gasteiger partial charge on any atom is 0.123 e. The maximum absolute atomic E-state index is 10.00. The van der Waals surface area contributed by atoms with Gasteiger partial charge in [0, 0.05) is 23.0 Å². The summed E-state index contributed by atoms with van der Waals surface area (Å²) < 4.78 is 0. The molecule has 0 aliphatic rings. The molecular formula is C16H19NO. The van der Waals surface area contributed by atoms with E-state index in [0.29, 0.717) is 5.75 Å². The van der Waals surface area contributed by atoms with Crippen molar-refractivity contribution < 1.29 is 5.11 Å². The lowest BCUT2D eigenvalue weighted by Gasteiger charge is -2.20. The van der Waals surface area contributed by atoms with E-state index in [4.69, 9.17) is 0 Å². The molecule has 0 amide bonds. The Labute approximate surface area is 108 Å². The lowest BCUT2D eigenvalue weighted by atomic mass is 9.85. The summed E-state index contributed by atoms with van der Waals surface area (Å²) in [4.78, 5) is 4.28. The van der Waals surface area contributed by atoms with Crippen LogP contribution >= 0.6 is 0 Å². The molecule has 1 N–H and O–H groups in total. The number of aryl methyl sites for hydroxylation is 1. The van der Waals surface area contributed by atoms with Gasteiger partial charge < -0.3 is 5.11 Å². The van der Waals surface area contributed by atoms with E-state index in [2.05, 4.69) is 25.8 Å². The van der Waals surface area contributed by atoms with Crippen LogP contribution in [0.2, 0.25) is 0 Å². The molecule has 18 heavy (non-hydrogen) atoms. The Morgan fingerprint density at radius 1 is 1.06 bits per heavy atom. The second kappa shape index (κ2) is 4.45. The standard InChI is InChI=1S/C16H19NO/c1-11-5-6-12(10-17-11)14-9-13(16(2,3)4)7-8-15(14)18/h5-10,18H,1-4H3. The van der Waals surface area contributed by atoms with Crippen molar-refractivity contribution in [2.24, 2.45) is 0 Å². The Bertz CT molecular complexity index is 550. The SMILES string of the molecule is Cc1ccc(-c2cc(C(C)(C)C)ccc2O)cn1. The van der Waals surface area contributed by atoms with Gasteiger partial charge in [0.15, 0.2) is 0 Å². The first-order valence-corrected chi connectivity index (χ1v) is 6.14. The largest absolute Gasteiger partial charge is 0.507 e. The minimum absolute atomic E-state index is 0.0700. The predicted molar refractivity (Wildman–Crippen MR) is 74.8 cm³/mol. The van der Waals surface area contributed by atoms with Crippen molar-refractivity contribution in [3.63, 3.8) is 0 Å². The van der Waals surface area contributed by atoms with Gasteiger partial charge in [-0.15, -0.1) is 0 Å². The van der Waals surface area contributed by atoms with Gasteiger partial charge in [-0.2, -0.15) is 0 Å². The van der Waals surface area contributed by atoms with Crippen molar-refractivity contribution in [1.82, 2.24) is 4.98 Å². The quantitative estimate of drug-likeness (QED) is 0.816. The highest BCUT2D eigenvalue weighted by molar-refractivity contribution is 5.70. The topological polar surface area (TPSA) is 33.1 Å². The number of phenolic OH excluding ortho intramolecular Hbond substituents is 1. The number of nitrogens with zero attached hydrogens (tertiary/aromatic N) is 1. The molecule has 0 saturated carbocycles. The zero-order valence-corrected chi connectivity index (χ0v) is 11.4. The molecule has 1 heterocycles. The van der Waals surface area contributed by atoms with Crippen LogP contribution in [0.25, 0.3) is 11.1 Å². The van der Waals surface area contributed by atoms with E-state index in [1.54, 1.807) is 12.3 Å². The lowest BCUT2D eigenvalue weighted by Crippen LogP contribution is -2.10. The molecular weight excluding hydrogens is 222 g/mol. The van der Waals surface area contributed by atoms with Gasteiger partial charge in [0.1, 0.15) is 5.75 Å². The number of hydrogen-bond donors (Lipinski definition) is 1. The molecule has 2 rings (SSSR count). The molecule has 94 valence electrons. The van der Waals surface area contributed by atoms with Gasteiger partial charge in [-0.05, 0) is 36.1 Å². The molecule has 0 atom stereocenters. The van der Waals surface area contributed by atoms with Crippen LogP contribution in [-0.4, -0.2) is 10.1 Å². The Balaban J connectivity index is 2.53. The number of benzene rings is 1. The number of aromatic nitrogens is 1. The molecule has 2 aromatic rings. The zero-order valence-electron chi connectivity index (χ0n) is 11.4. The Hall–Kier alpha value is -1.83. The number of pyridine rings is 1. The van der Waals surface area contributed by atoms with Crippen LogP contribution in [-0.2, 0) is 5.41 Å². The second-order valence-electron chi connectivity index (χ2n) is 5.67. The highest BCUT2D eigenvalue weighted by Gasteiger charge is 2.16. The summed E-state index contributed by atoms with van der Waals surface area (Å²) in [5.41, 5.74) is 4.04. The number of phenols is 1. The molecule has 0 aliphatic heterocycles. The number of hydrogen-bond acceptors (Lipinski definition) is 2. The molecule has 0 aliphatic carbocycles. The van der Waals surface area contributed by atoms with E-state index >= 15 is 0 Å².